The first-order valence-electron chi connectivity index (χ1n) is 5.92. The van der Waals surface area contributed by atoms with Crippen LogP contribution in [0.2, 0.25) is 5.02 Å². The maximum Gasteiger partial charge on any atom is 0.261 e. The van der Waals surface area contributed by atoms with Gasteiger partial charge in [-0.05, 0) is 48.9 Å². The molecule has 21 heavy (non-hydrogen) atoms. The van der Waals surface area contributed by atoms with E-state index in [4.69, 9.17) is 22.6 Å². The van der Waals surface area contributed by atoms with Crippen molar-refractivity contribution in [3.05, 3.63) is 52.5 Å². The molecule has 0 fully saturated rings. The molecule has 0 aromatic heterocycles. The average molecular weight is 322 g/mol. The van der Waals surface area contributed by atoms with Gasteiger partial charge in [0.15, 0.2) is 0 Å². The first-order valence-corrected chi connectivity index (χ1v) is 7.78. The molecular formula is C14H12ClN3O2S. The lowest BCUT2D eigenvalue weighted by Crippen LogP contribution is -2.14. The van der Waals surface area contributed by atoms with Gasteiger partial charge in [0, 0.05) is 0 Å². The molecule has 0 unspecified atom stereocenters. The largest absolute Gasteiger partial charge is 0.398 e. The average Bonchev–Trinajstić information content (AvgIpc) is 2.44. The highest BCUT2D eigenvalue weighted by Gasteiger charge is 2.16. The first kappa shape index (κ1) is 15.2. The topological polar surface area (TPSA) is 96.0 Å². The summed E-state index contributed by atoms with van der Waals surface area (Å²) in [5, 5.41) is 8.99. The van der Waals surface area contributed by atoms with Crippen LogP contribution in [0.25, 0.3) is 0 Å². The molecule has 108 valence electrons. The number of halogens is 1. The number of aryl methyl sites for hydroxylation is 1. The molecule has 5 nitrogen and oxygen atoms in total. The monoisotopic (exact) mass is 321 g/mol. The van der Waals surface area contributed by atoms with Gasteiger partial charge in [0.25, 0.3) is 10.0 Å². The summed E-state index contributed by atoms with van der Waals surface area (Å²) in [6.45, 7) is 1.73. The van der Waals surface area contributed by atoms with E-state index >= 15 is 0 Å². The highest BCUT2D eigenvalue weighted by molar-refractivity contribution is 7.92. The van der Waals surface area contributed by atoms with Crippen LogP contribution in [0.4, 0.5) is 11.4 Å². The smallest absolute Gasteiger partial charge is 0.261 e. The van der Waals surface area contributed by atoms with Crippen molar-refractivity contribution in [3.8, 4) is 6.07 Å². The van der Waals surface area contributed by atoms with E-state index in [-0.39, 0.29) is 9.92 Å². The first-order chi connectivity index (χ1) is 9.83. The second kappa shape index (κ2) is 5.64. The summed E-state index contributed by atoms with van der Waals surface area (Å²) >= 11 is 5.90. The number of hydrogen-bond donors (Lipinski definition) is 2. The van der Waals surface area contributed by atoms with Crippen LogP contribution in [-0.2, 0) is 10.0 Å². The maximum atomic E-state index is 12.3. The Hall–Kier alpha value is -2.23. The van der Waals surface area contributed by atoms with Gasteiger partial charge >= 0.3 is 0 Å². The van der Waals surface area contributed by atoms with Gasteiger partial charge in [-0.2, -0.15) is 5.26 Å². The van der Waals surface area contributed by atoms with Crippen molar-refractivity contribution in [2.45, 2.75) is 11.8 Å². The number of benzene rings is 2. The molecule has 2 rings (SSSR count). The zero-order valence-electron chi connectivity index (χ0n) is 11.1. The number of nitrogens with zero attached hydrogens (tertiary/aromatic N) is 1. The summed E-state index contributed by atoms with van der Waals surface area (Å²) in [6, 6.07) is 10.6. The molecule has 0 saturated carbocycles. The normalized spacial score (nSPS) is 10.9. The zero-order valence-corrected chi connectivity index (χ0v) is 12.7. The van der Waals surface area contributed by atoms with Crippen molar-refractivity contribution in [2.75, 3.05) is 10.5 Å². The number of nitrogens with two attached hydrogens (primary N) is 1. The summed E-state index contributed by atoms with van der Waals surface area (Å²) in [4.78, 5) is 0.0637. The Morgan fingerprint density at radius 1 is 1.24 bits per heavy atom. The molecule has 7 heteroatoms. The van der Waals surface area contributed by atoms with Gasteiger partial charge in [-0.25, -0.2) is 8.42 Å². The Bertz CT molecular complexity index is 825. The van der Waals surface area contributed by atoms with E-state index in [9.17, 15) is 8.42 Å². The minimum Gasteiger partial charge on any atom is -0.398 e. The van der Waals surface area contributed by atoms with Crippen LogP contribution in [0, 0.1) is 18.3 Å². The Balaban J connectivity index is 2.37. The van der Waals surface area contributed by atoms with E-state index in [1.807, 2.05) is 6.07 Å². The van der Waals surface area contributed by atoms with Gasteiger partial charge in [-0.15, -0.1) is 0 Å². The molecule has 0 aliphatic heterocycles. The van der Waals surface area contributed by atoms with E-state index in [0.29, 0.717) is 22.5 Å². The number of sulfonamides is 1. The third-order valence-electron chi connectivity index (χ3n) is 2.88. The number of nitriles is 1. The lowest BCUT2D eigenvalue weighted by molar-refractivity contribution is 0.601. The van der Waals surface area contributed by atoms with Crippen LogP contribution in [0.1, 0.15) is 11.1 Å². The Morgan fingerprint density at radius 2 is 1.86 bits per heavy atom. The van der Waals surface area contributed by atoms with E-state index in [0.717, 1.165) is 0 Å². The predicted molar refractivity (Wildman–Crippen MR) is 82.6 cm³/mol. The minimum absolute atomic E-state index is 0.0637. The van der Waals surface area contributed by atoms with Gasteiger partial charge in [-0.3, -0.25) is 4.72 Å². The Morgan fingerprint density at radius 3 is 2.43 bits per heavy atom. The van der Waals surface area contributed by atoms with Crippen LogP contribution in [-0.4, -0.2) is 8.42 Å². The molecule has 0 heterocycles. The van der Waals surface area contributed by atoms with Crippen LogP contribution >= 0.6 is 11.6 Å². The van der Waals surface area contributed by atoms with Gasteiger partial charge in [0.05, 0.1) is 32.9 Å². The Kier molecular flexibility index (Phi) is 4.07. The molecule has 0 spiro atoms. The van der Waals surface area contributed by atoms with Crippen molar-refractivity contribution in [2.24, 2.45) is 0 Å². The SMILES string of the molecule is Cc1cc(N)c(Cl)cc1NS(=O)(=O)c1ccc(C#N)cc1. The third kappa shape index (κ3) is 3.27. The molecule has 0 aliphatic rings. The molecule has 2 aromatic rings. The fourth-order valence-corrected chi connectivity index (χ4v) is 3.01. The quantitative estimate of drug-likeness (QED) is 0.849. The number of rotatable bonds is 3. The van der Waals surface area contributed by atoms with E-state index in [1.165, 1.54) is 30.3 Å². The number of hydrogen-bond acceptors (Lipinski definition) is 4. The molecule has 0 amide bonds. The predicted octanol–water partition coefficient (Wildman–Crippen LogP) is 2.90. The summed E-state index contributed by atoms with van der Waals surface area (Å²) in [5.74, 6) is 0. The molecule has 0 radical (unpaired) electrons. The highest BCUT2D eigenvalue weighted by Crippen LogP contribution is 2.28. The van der Waals surface area contributed by atoms with Gasteiger partial charge in [0.2, 0.25) is 0 Å². The second-order valence-corrected chi connectivity index (χ2v) is 6.52. The van der Waals surface area contributed by atoms with E-state index in [1.54, 1.807) is 13.0 Å². The molecular weight excluding hydrogens is 310 g/mol. The molecule has 0 bridgehead atoms. The number of nitrogens with one attached hydrogen (secondary N) is 1. The zero-order chi connectivity index (χ0) is 15.6. The van der Waals surface area contributed by atoms with Crippen molar-refractivity contribution in [3.63, 3.8) is 0 Å². The highest BCUT2D eigenvalue weighted by atomic mass is 35.5. The lowest BCUT2D eigenvalue weighted by atomic mass is 10.2. The van der Waals surface area contributed by atoms with Crippen LogP contribution in [0.15, 0.2) is 41.3 Å². The van der Waals surface area contributed by atoms with Crippen molar-refractivity contribution >= 4 is 33.0 Å². The van der Waals surface area contributed by atoms with E-state index < -0.39 is 10.0 Å². The fraction of sp³-hybridized carbons (Fsp3) is 0.0714. The van der Waals surface area contributed by atoms with Crippen LogP contribution in [0.3, 0.4) is 0 Å². The molecule has 0 saturated heterocycles. The summed E-state index contributed by atoms with van der Waals surface area (Å²) in [6.07, 6.45) is 0. The van der Waals surface area contributed by atoms with Gasteiger partial charge < -0.3 is 5.73 Å². The number of nitrogen functional groups attached to an aromatic ring is 1. The lowest BCUT2D eigenvalue weighted by Gasteiger charge is -2.12. The van der Waals surface area contributed by atoms with E-state index in [2.05, 4.69) is 4.72 Å². The molecule has 3 N–H and O–H groups in total. The van der Waals surface area contributed by atoms with Crippen LogP contribution in [0.5, 0.6) is 0 Å². The molecule has 0 aliphatic carbocycles. The van der Waals surface area contributed by atoms with Gasteiger partial charge in [-0.1, -0.05) is 11.6 Å². The number of anilines is 2. The molecule has 2 aromatic carbocycles. The summed E-state index contributed by atoms with van der Waals surface area (Å²) in [7, 11) is -3.75. The standard InChI is InChI=1S/C14H12ClN3O2S/c1-9-6-13(17)12(15)7-14(9)18-21(19,20)11-4-2-10(8-16)3-5-11/h2-7,18H,17H2,1H3. The molecule has 0 atom stereocenters. The third-order valence-corrected chi connectivity index (χ3v) is 4.59. The van der Waals surface area contributed by atoms with Crippen LogP contribution < -0.4 is 10.5 Å². The summed E-state index contributed by atoms with van der Waals surface area (Å²) in [5.41, 5.74) is 7.45. The Labute approximate surface area is 128 Å². The summed E-state index contributed by atoms with van der Waals surface area (Å²) < 4.78 is 27.0. The van der Waals surface area contributed by atoms with Crippen molar-refractivity contribution < 1.29 is 8.42 Å². The van der Waals surface area contributed by atoms with Crippen molar-refractivity contribution in [1.82, 2.24) is 0 Å². The minimum atomic E-state index is -3.75. The van der Waals surface area contributed by atoms with Crippen molar-refractivity contribution in [1.29, 1.82) is 5.26 Å². The fourth-order valence-electron chi connectivity index (χ4n) is 1.73. The second-order valence-electron chi connectivity index (χ2n) is 4.43. The van der Waals surface area contributed by atoms with Gasteiger partial charge in [0.1, 0.15) is 0 Å². The maximum absolute atomic E-state index is 12.3.